The summed E-state index contributed by atoms with van der Waals surface area (Å²) in [6.45, 7) is 2.82. The molecule has 2 aliphatic rings. The minimum Gasteiger partial charge on any atom is -0.474 e. The van der Waals surface area contributed by atoms with Gasteiger partial charge in [-0.15, -0.1) is 0 Å². The van der Waals surface area contributed by atoms with Gasteiger partial charge < -0.3 is 34.6 Å². The lowest BCUT2D eigenvalue weighted by molar-refractivity contribution is -0.134. The number of carbonyl (C=O) groups is 4. The van der Waals surface area contributed by atoms with Gasteiger partial charge in [-0.3, -0.25) is 9.59 Å². The molecule has 4 rings (SSSR count). The molecule has 2 N–H and O–H groups in total. The van der Waals surface area contributed by atoms with Gasteiger partial charge in [0.1, 0.15) is 17.8 Å². The fraction of sp³-hybridized carbons (Fsp3) is 0.500. The molecule has 2 heterocycles. The van der Waals surface area contributed by atoms with Crippen LogP contribution in [0.25, 0.3) is 11.4 Å². The molecule has 1 aromatic heterocycles. The number of methoxy groups -OCH3 is 1. The van der Waals surface area contributed by atoms with Gasteiger partial charge in [-0.05, 0) is 32.6 Å². The van der Waals surface area contributed by atoms with Crippen molar-refractivity contribution in [1.29, 1.82) is 0 Å². The van der Waals surface area contributed by atoms with Gasteiger partial charge in [0.25, 0.3) is 5.91 Å². The summed E-state index contributed by atoms with van der Waals surface area (Å²) in [5, 5.41) is 5.20. The van der Waals surface area contributed by atoms with E-state index in [2.05, 4.69) is 25.3 Å². The summed E-state index contributed by atoms with van der Waals surface area (Å²) < 4.78 is 15.8. The van der Waals surface area contributed by atoms with Gasteiger partial charge in [-0.2, -0.15) is 4.98 Å². The van der Waals surface area contributed by atoms with Crippen LogP contribution >= 0.6 is 0 Å². The smallest absolute Gasteiger partial charge is 0.409 e. The number of rotatable bonds is 9. The van der Waals surface area contributed by atoms with Crippen molar-refractivity contribution >= 4 is 24.0 Å². The van der Waals surface area contributed by atoms with Crippen molar-refractivity contribution in [2.45, 2.75) is 44.8 Å². The molecule has 1 aliphatic heterocycles. The summed E-state index contributed by atoms with van der Waals surface area (Å²) in [5.41, 5.74) is 0.729. The Morgan fingerprint density at radius 1 is 1.00 bits per heavy atom. The maximum atomic E-state index is 13.5. The highest BCUT2D eigenvalue weighted by Gasteiger charge is 2.31. The van der Waals surface area contributed by atoms with Crippen LogP contribution < -0.4 is 15.4 Å². The normalized spacial score (nSPS) is 16.0. The molecule has 13 nitrogen and oxygen atoms in total. The first-order chi connectivity index (χ1) is 19.9. The van der Waals surface area contributed by atoms with E-state index >= 15 is 0 Å². The molecule has 2 fully saturated rings. The zero-order valence-corrected chi connectivity index (χ0v) is 23.3. The number of hydrogen-bond donors (Lipinski definition) is 2. The standard InChI is InChI=1S/C28H36N6O7/c1-3-40-28(38)34-15-13-33(14-16-34)26(36)22(18-29-27(37)39-2)31-25(35)21-17-23(41-20-11-7-8-12-20)32-24(30-21)19-9-5-4-6-10-19/h4-6,9-10,17,20,22H,3,7-8,11-16,18H2,1-2H3,(H,29,37)(H,31,35)/t22-/m0/s1. The van der Waals surface area contributed by atoms with Gasteiger partial charge in [0.15, 0.2) is 5.82 Å². The third-order valence-electron chi connectivity index (χ3n) is 6.91. The van der Waals surface area contributed by atoms with E-state index in [4.69, 9.17) is 9.47 Å². The molecular weight excluding hydrogens is 532 g/mol. The highest BCUT2D eigenvalue weighted by molar-refractivity contribution is 5.97. The van der Waals surface area contributed by atoms with Crippen LogP contribution in [0.3, 0.4) is 0 Å². The summed E-state index contributed by atoms with van der Waals surface area (Å²) >= 11 is 0. The molecule has 13 heteroatoms. The van der Waals surface area contributed by atoms with E-state index in [1.807, 2.05) is 30.3 Å². The fourth-order valence-corrected chi connectivity index (χ4v) is 4.73. The van der Waals surface area contributed by atoms with Crippen LogP contribution in [0.4, 0.5) is 9.59 Å². The minimum absolute atomic E-state index is 0.0105. The Morgan fingerprint density at radius 2 is 1.68 bits per heavy atom. The molecule has 0 spiro atoms. The number of nitrogens with one attached hydrogen (secondary N) is 2. The number of piperazine rings is 1. The SMILES string of the molecule is CCOC(=O)N1CCN(C(=O)[C@H](CNC(=O)OC)NC(=O)c2cc(OC3CCCC3)nc(-c3ccccc3)n2)CC1. The maximum absolute atomic E-state index is 13.5. The molecule has 220 valence electrons. The zero-order valence-electron chi connectivity index (χ0n) is 23.3. The van der Waals surface area contributed by atoms with Crippen molar-refractivity contribution in [2.75, 3.05) is 46.4 Å². The van der Waals surface area contributed by atoms with Gasteiger partial charge in [0, 0.05) is 37.8 Å². The number of alkyl carbamates (subject to hydrolysis) is 1. The second-order valence-electron chi connectivity index (χ2n) is 9.72. The topological polar surface area (TPSA) is 152 Å². The Bertz CT molecular complexity index is 1210. The molecular formula is C28H36N6O7. The highest BCUT2D eigenvalue weighted by Crippen LogP contribution is 2.25. The second-order valence-corrected chi connectivity index (χ2v) is 9.72. The number of benzene rings is 1. The van der Waals surface area contributed by atoms with Gasteiger partial charge in [0.05, 0.1) is 20.3 Å². The van der Waals surface area contributed by atoms with E-state index in [0.717, 1.165) is 25.7 Å². The van der Waals surface area contributed by atoms with Gasteiger partial charge in [-0.25, -0.2) is 14.6 Å². The quantitative estimate of drug-likeness (QED) is 0.464. The number of amides is 4. The van der Waals surface area contributed by atoms with Crippen LogP contribution in [0.2, 0.25) is 0 Å². The third-order valence-corrected chi connectivity index (χ3v) is 6.91. The lowest BCUT2D eigenvalue weighted by Crippen LogP contribution is -2.58. The summed E-state index contributed by atoms with van der Waals surface area (Å²) in [5.74, 6) is -0.451. The monoisotopic (exact) mass is 568 g/mol. The molecule has 0 bridgehead atoms. The van der Waals surface area contributed by atoms with Crippen molar-refractivity contribution in [2.24, 2.45) is 0 Å². The van der Waals surface area contributed by atoms with Crippen LogP contribution in [-0.4, -0.2) is 102 Å². The zero-order chi connectivity index (χ0) is 29.2. The van der Waals surface area contributed by atoms with Crippen molar-refractivity contribution in [3.63, 3.8) is 0 Å². The predicted octanol–water partition coefficient (Wildman–Crippen LogP) is 2.22. The lowest BCUT2D eigenvalue weighted by atomic mass is 10.2. The summed E-state index contributed by atoms with van der Waals surface area (Å²) in [7, 11) is 1.21. The summed E-state index contributed by atoms with van der Waals surface area (Å²) in [4.78, 5) is 62.9. The van der Waals surface area contributed by atoms with Gasteiger partial charge >= 0.3 is 12.2 Å². The van der Waals surface area contributed by atoms with Crippen LogP contribution in [0.15, 0.2) is 36.4 Å². The Balaban J connectivity index is 1.52. The number of carbonyl (C=O) groups excluding carboxylic acids is 4. The average Bonchev–Trinajstić information content (AvgIpc) is 3.52. The number of nitrogens with zero attached hydrogens (tertiary/aromatic N) is 4. The maximum Gasteiger partial charge on any atom is 0.409 e. The molecule has 0 unspecified atom stereocenters. The molecule has 1 aliphatic carbocycles. The molecule has 1 atom stereocenters. The van der Waals surface area contributed by atoms with Crippen molar-refractivity contribution < 1.29 is 33.4 Å². The van der Waals surface area contributed by atoms with Crippen LogP contribution in [0.1, 0.15) is 43.1 Å². The van der Waals surface area contributed by atoms with E-state index in [9.17, 15) is 19.2 Å². The van der Waals surface area contributed by atoms with Crippen LogP contribution in [0, 0.1) is 0 Å². The fourth-order valence-electron chi connectivity index (χ4n) is 4.73. The first-order valence-electron chi connectivity index (χ1n) is 13.8. The number of hydrogen-bond acceptors (Lipinski definition) is 9. The van der Waals surface area contributed by atoms with E-state index in [-0.39, 0.29) is 57.0 Å². The Hall–Kier alpha value is -4.42. The molecule has 0 radical (unpaired) electrons. The Kier molecular flexibility index (Phi) is 10.3. The molecule has 1 aromatic carbocycles. The average molecular weight is 569 g/mol. The molecule has 2 aromatic rings. The van der Waals surface area contributed by atoms with Crippen molar-refractivity contribution in [1.82, 2.24) is 30.4 Å². The minimum atomic E-state index is -1.12. The summed E-state index contributed by atoms with van der Waals surface area (Å²) in [6.07, 6.45) is 2.78. The Morgan fingerprint density at radius 3 is 2.34 bits per heavy atom. The van der Waals surface area contributed by atoms with Crippen LogP contribution in [0.5, 0.6) is 5.88 Å². The van der Waals surface area contributed by atoms with Crippen molar-refractivity contribution in [3.05, 3.63) is 42.1 Å². The van der Waals surface area contributed by atoms with Crippen molar-refractivity contribution in [3.8, 4) is 17.3 Å². The van der Waals surface area contributed by atoms with E-state index in [0.29, 0.717) is 11.4 Å². The molecule has 4 amide bonds. The molecule has 1 saturated heterocycles. The molecule has 1 saturated carbocycles. The number of aromatic nitrogens is 2. The van der Waals surface area contributed by atoms with Gasteiger partial charge in [0.2, 0.25) is 11.8 Å². The van der Waals surface area contributed by atoms with E-state index in [1.54, 1.807) is 6.92 Å². The Labute approximate surface area is 238 Å². The van der Waals surface area contributed by atoms with Gasteiger partial charge in [-0.1, -0.05) is 30.3 Å². The number of ether oxygens (including phenoxy) is 3. The highest BCUT2D eigenvalue weighted by atomic mass is 16.6. The van der Waals surface area contributed by atoms with Crippen LogP contribution in [-0.2, 0) is 14.3 Å². The second kappa shape index (κ2) is 14.3. The predicted molar refractivity (Wildman–Crippen MR) is 147 cm³/mol. The van der Waals surface area contributed by atoms with E-state index < -0.39 is 30.0 Å². The third kappa shape index (κ3) is 8.05. The largest absolute Gasteiger partial charge is 0.474 e. The molecule has 41 heavy (non-hydrogen) atoms. The first kappa shape index (κ1) is 29.6. The summed E-state index contributed by atoms with van der Waals surface area (Å²) in [6, 6.07) is 9.57. The first-order valence-corrected chi connectivity index (χ1v) is 13.8. The van der Waals surface area contributed by atoms with E-state index in [1.165, 1.54) is 23.0 Å². The lowest BCUT2D eigenvalue weighted by Gasteiger charge is -2.35.